The van der Waals surface area contributed by atoms with E-state index in [1.165, 1.54) is 48.4 Å². The molecule has 0 aliphatic carbocycles. The van der Waals surface area contributed by atoms with E-state index in [0.717, 1.165) is 0 Å². The molecule has 0 bridgehead atoms. The highest BCUT2D eigenvalue weighted by molar-refractivity contribution is 6.03. The van der Waals surface area contributed by atoms with E-state index < -0.39 is 24.3 Å². The third kappa shape index (κ3) is 4.19. The van der Waals surface area contributed by atoms with Crippen molar-refractivity contribution in [1.29, 1.82) is 0 Å². The number of rotatable bonds is 6. The smallest absolute Gasteiger partial charge is 0.387 e. The Morgan fingerprint density at radius 1 is 1.21 bits per heavy atom. The predicted octanol–water partition coefficient (Wildman–Crippen LogP) is 3.43. The van der Waals surface area contributed by atoms with Gasteiger partial charge in [-0.25, -0.2) is 4.39 Å². The highest BCUT2D eigenvalue weighted by Gasteiger charge is 2.36. The molecule has 1 aliphatic rings. The summed E-state index contributed by atoms with van der Waals surface area (Å²) in [6.07, 6.45) is -0.0866. The molecule has 1 heterocycles. The van der Waals surface area contributed by atoms with Crippen molar-refractivity contribution in [2.24, 2.45) is 5.92 Å². The number of benzene rings is 2. The Balaban J connectivity index is 1.72. The lowest BCUT2D eigenvalue weighted by molar-refractivity contribution is -0.122. The van der Waals surface area contributed by atoms with Crippen molar-refractivity contribution < 1.29 is 32.2 Å². The van der Waals surface area contributed by atoms with Crippen LogP contribution in [0.15, 0.2) is 42.5 Å². The summed E-state index contributed by atoms with van der Waals surface area (Å²) < 4.78 is 48.3. The zero-order valence-electron chi connectivity index (χ0n) is 14.8. The molecule has 0 saturated carbocycles. The zero-order valence-corrected chi connectivity index (χ0v) is 14.8. The summed E-state index contributed by atoms with van der Waals surface area (Å²) in [5.74, 6) is -2.28. The number of carbonyl (C=O) groups is 2. The quantitative estimate of drug-likeness (QED) is 0.815. The van der Waals surface area contributed by atoms with Gasteiger partial charge in [0.2, 0.25) is 11.8 Å². The lowest BCUT2D eigenvalue weighted by Gasteiger charge is -2.17. The molecule has 9 heteroatoms. The van der Waals surface area contributed by atoms with Gasteiger partial charge in [0, 0.05) is 24.7 Å². The van der Waals surface area contributed by atoms with Gasteiger partial charge in [-0.2, -0.15) is 8.78 Å². The normalized spacial score (nSPS) is 16.4. The molecule has 1 saturated heterocycles. The summed E-state index contributed by atoms with van der Waals surface area (Å²) in [5.41, 5.74) is 0.318. The molecule has 0 radical (unpaired) electrons. The Morgan fingerprint density at radius 3 is 2.64 bits per heavy atom. The molecular formula is C19H17F3N2O4. The number of hydrogen-bond donors (Lipinski definition) is 1. The molecule has 3 rings (SSSR count). The van der Waals surface area contributed by atoms with Crippen LogP contribution in [0.1, 0.15) is 6.42 Å². The Morgan fingerprint density at radius 2 is 1.96 bits per heavy atom. The van der Waals surface area contributed by atoms with E-state index in [1.54, 1.807) is 6.07 Å². The fraction of sp³-hybridized carbons (Fsp3) is 0.263. The first kappa shape index (κ1) is 19.5. The first-order valence-corrected chi connectivity index (χ1v) is 8.37. The first-order valence-electron chi connectivity index (χ1n) is 8.37. The molecule has 1 atom stereocenters. The molecule has 2 amide bonds. The fourth-order valence-corrected chi connectivity index (χ4v) is 2.97. The van der Waals surface area contributed by atoms with Crippen molar-refractivity contribution in [3.05, 3.63) is 48.3 Å². The van der Waals surface area contributed by atoms with E-state index >= 15 is 0 Å². The lowest BCUT2D eigenvalue weighted by atomic mass is 10.1. The second kappa shape index (κ2) is 8.20. The number of methoxy groups -OCH3 is 1. The van der Waals surface area contributed by atoms with Crippen molar-refractivity contribution in [3.63, 3.8) is 0 Å². The van der Waals surface area contributed by atoms with Gasteiger partial charge in [0.1, 0.15) is 5.82 Å². The Kier molecular flexibility index (Phi) is 5.72. The number of hydrogen-bond acceptors (Lipinski definition) is 4. The van der Waals surface area contributed by atoms with E-state index in [4.69, 9.17) is 4.74 Å². The number of ether oxygens (including phenoxy) is 2. The number of nitrogens with one attached hydrogen (secondary N) is 1. The lowest BCUT2D eigenvalue weighted by Crippen LogP contribution is -2.28. The molecule has 1 fully saturated rings. The molecular weight excluding hydrogens is 377 g/mol. The van der Waals surface area contributed by atoms with Gasteiger partial charge in [-0.05, 0) is 24.3 Å². The number of para-hydroxylation sites is 1. The molecule has 6 nitrogen and oxygen atoms in total. The topological polar surface area (TPSA) is 67.9 Å². The van der Waals surface area contributed by atoms with Crippen LogP contribution in [0, 0.1) is 11.7 Å². The van der Waals surface area contributed by atoms with E-state index in [1.807, 2.05) is 0 Å². The van der Waals surface area contributed by atoms with E-state index in [9.17, 15) is 22.8 Å². The Labute approximate surface area is 158 Å². The van der Waals surface area contributed by atoms with Crippen molar-refractivity contribution >= 4 is 23.2 Å². The van der Waals surface area contributed by atoms with E-state index in [2.05, 4.69) is 10.1 Å². The Bertz CT molecular complexity index is 891. The highest BCUT2D eigenvalue weighted by Crippen LogP contribution is 2.32. The molecule has 1 aliphatic heterocycles. The zero-order chi connectivity index (χ0) is 20.3. The minimum absolute atomic E-state index is 0.0160. The number of nitrogens with zero attached hydrogens (tertiary/aromatic N) is 1. The number of amides is 2. The molecule has 0 unspecified atom stereocenters. The summed E-state index contributed by atoms with van der Waals surface area (Å²) in [5, 5.41) is 2.56. The van der Waals surface area contributed by atoms with Gasteiger partial charge in [-0.1, -0.05) is 12.1 Å². The van der Waals surface area contributed by atoms with Crippen LogP contribution < -0.4 is 19.7 Å². The van der Waals surface area contributed by atoms with Crippen molar-refractivity contribution in [2.45, 2.75) is 13.0 Å². The number of halogens is 3. The maximum absolute atomic E-state index is 13.9. The van der Waals surface area contributed by atoms with E-state index in [-0.39, 0.29) is 41.7 Å². The van der Waals surface area contributed by atoms with Crippen LogP contribution >= 0.6 is 0 Å². The SMILES string of the molecule is COc1ccc(NC(=O)[C@@H]2CC(=O)N(c3ccccc3F)C2)cc1OC(F)F. The summed E-state index contributed by atoms with van der Waals surface area (Å²) in [6, 6.07) is 9.84. The number of alkyl halides is 2. The molecule has 1 N–H and O–H groups in total. The Hall–Kier alpha value is -3.23. The average Bonchev–Trinajstić information content (AvgIpc) is 3.03. The molecule has 2 aromatic rings. The minimum atomic E-state index is -3.05. The minimum Gasteiger partial charge on any atom is -0.493 e. The van der Waals surface area contributed by atoms with Crippen LogP contribution in [0.5, 0.6) is 11.5 Å². The molecule has 0 aromatic heterocycles. The van der Waals surface area contributed by atoms with Gasteiger partial charge >= 0.3 is 6.61 Å². The van der Waals surface area contributed by atoms with Gasteiger partial charge in [0.05, 0.1) is 18.7 Å². The molecule has 0 spiro atoms. The van der Waals surface area contributed by atoms with Gasteiger partial charge < -0.3 is 19.7 Å². The molecule has 148 valence electrons. The van der Waals surface area contributed by atoms with Gasteiger partial charge in [0.25, 0.3) is 0 Å². The predicted molar refractivity (Wildman–Crippen MR) is 95.1 cm³/mol. The summed E-state index contributed by atoms with van der Waals surface area (Å²) in [6.45, 7) is -3.04. The van der Waals surface area contributed by atoms with Crippen LogP contribution in [-0.4, -0.2) is 32.1 Å². The largest absolute Gasteiger partial charge is 0.493 e. The summed E-state index contributed by atoms with van der Waals surface area (Å²) in [4.78, 5) is 25.9. The van der Waals surface area contributed by atoms with Crippen molar-refractivity contribution in [2.75, 3.05) is 23.9 Å². The van der Waals surface area contributed by atoms with E-state index in [0.29, 0.717) is 0 Å². The van der Waals surface area contributed by atoms with Gasteiger partial charge in [0.15, 0.2) is 11.5 Å². The number of carbonyl (C=O) groups excluding carboxylic acids is 2. The summed E-state index contributed by atoms with van der Waals surface area (Å²) >= 11 is 0. The van der Waals surface area contributed by atoms with Crippen molar-refractivity contribution in [1.82, 2.24) is 0 Å². The summed E-state index contributed by atoms with van der Waals surface area (Å²) in [7, 11) is 1.30. The van der Waals surface area contributed by atoms with Gasteiger partial charge in [-0.3, -0.25) is 9.59 Å². The third-order valence-electron chi connectivity index (χ3n) is 4.29. The van der Waals surface area contributed by atoms with Crippen LogP contribution in [0.4, 0.5) is 24.5 Å². The third-order valence-corrected chi connectivity index (χ3v) is 4.29. The second-order valence-corrected chi connectivity index (χ2v) is 6.09. The maximum atomic E-state index is 13.9. The molecule has 28 heavy (non-hydrogen) atoms. The monoisotopic (exact) mass is 394 g/mol. The average molecular weight is 394 g/mol. The maximum Gasteiger partial charge on any atom is 0.387 e. The highest BCUT2D eigenvalue weighted by atomic mass is 19.3. The van der Waals surface area contributed by atoms with Gasteiger partial charge in [-0.15, -0.1) is 0 Å². The van der Waals surface area contributed by atoms with Crippen LogP contribution in [0.2, 0.25) is 0 Å². The second-order valence-electron chi connectivity index (χ2n) is 6.09. The van der Waals surface area contributed by atoms with Crippen LogP contribution in [-0.2, 0) is 9.59 Å². The van der Waals surface area contributed by atoms with Crippen LogP contribution in [0.25, 0.3) is 0 Å². The van der Waals surface area contributed by atoms with Crippen molar-refractivity contribution in [3.8, 4) is 11.5 Å². The fourth-order valence-electron chi connectivity index (χ4n) is 2.97. The molecule has 2 aromatic carbocycles. The van der Waals surface area contributed by atoms with Crippen LogP contribution in [0.3, 0.4) is 0 Å². The number of anilines is 2. The standard InChI is InChI=1S/C19H17F3N2O4/c1-27-15-7-6-12(9-16(15)28-19(21)22)23-18(26)11-8-17(25)24(10-11)14-5-3-2-4-13(14)20/h2-7,9,11,19H,8,10H2,1H3,(H,23,26)/t11-/m1/s1. The first-order chi connectivity index (χ1) is 13.4.